The Balaban J connectivity index is 2.18. The third-order valence-electron chi connectivity index (χ3n) is 2.96. The number of hydrogen-bond donors (Lipinski definition) is 1. The van der Waals surface area contributed by atoms with Gasteiger partial charge in [-0.3, -0.25) is 0 Å². The fraction of sp³-hybridized carbons (Fsp3) is 0.267. The molecule has 0 saturated carbocycles. The largest absolute Gasteiger partial charge is 0.392 e. The topological polar surface area (TPSA) is 36.4 Å². The van der Waals surface area contributed by atoms with Gasteiger partial charge in [0.15, 0.2) is 0 Å². The zero-order valence-corrected chi connectivity index (χ0v) is 11.1. The van der Waals surface area contributed by atoms with Gasteiger partial charge >= 0.3 is 0 Å². The second-order valence-corrected chi connectivity index (χ2v) is 4.63. The van der Waals surface area contributed by atoms with Crippen LogP contribution in [0.2, 0.25) is 0 Å². The molecular formula is C15H17FN2O. The number of aryl methyl sites for hydroxylation is 1. The Bertz CT molecular complexity index is 572. The van der Waals surface area contributed by atoms with Gasteiger partial charge in [-0.05, 0) is 41.8 Å². The molecule has 0 aliphatic heterocycles. The molecule has 1 N–H and O–H groups in total. The van der Waals surface area contributed by atoms with Crippen LogP contribution in [0.15, 0.2) is 36.5 Å². The van der Waals surface area contributed by atoms with E-state index in [9.17, 15) is 4.39 Å². The maximum absolute atomic E-state index is 13.1. The van der Waals surface area contributed by atoms with Gasteiger partial charge in [0.25, 0.3) is 0 Å². The van der Waals surface area contributed by atoms with Gasteiger partial charge in [0.05, 0.1) is 6.61 Å². The van der Waals surface area contributed by atoms with Crippen LogP contribution in [0.5, 0.6) is 0 Å². The zero-order valence-electron chi connectivity index (χ0n) is 11.1. The first-order valence-electron chi connectivity index (χ1n) is 6.12. The second-order valence-electron chi connectivity index (χ2n) is 4.63. The van der Waals surface area contributed by atoms with Crippen molar-refractivity contribution in [1.29, 1.82) is 0 Å². The first-order chi connectivity index (χ1) is 9.10. The van der Waals surface area contributed by atoms with Crippen molar-refractivity contribution < 1.29 is 9.50 Å². The van der Waals surface area contributed by atoms with Gasteiger partial charge in [-0.2, -0.15) is 0 Å². The summed E-state index contributed by atoms with van der Waals surface area (Å²) in [7, 11) is 1.92. The lowest BCUT2D eigenvalue weighted by Crippen LogP contribution is -2.19. The van der Waals surface area contributed by atoms with Gasteiger partial charge < -0.3 is 10.0 Å². The van der Waals surface area contributed by atoms with Crippen molar-refractivity contribution in [2.24, 2.45) is 0 Å². The highest BCUT2D eigenvalue weighted by molar-refractivity contribution is 5.47. The molecule has 4 heteroatoms. The number of aliphatic hydroxyl groups excluding tert-OH is 1. The quantitative estimate of drug-likeness (QED) is 0.918. The lowest BCUT2D eigenvalue weighted by atomic mass is 10.1. The van der Waals surface area contributed by atoms with Crippen molar-refractivity contribution in [3.63, 3.8) is 0 Å². The summed E-state index contributed by atoms with van der Waals surface area (Å²) in [6.07, 6.45) is 1.66. The smallest absolute Gasteiger partial charge is 0.131 e. The minimum Gasteiger partial charge on any atom is -0.392 e. The molecule has 1 aromatic heterocycles. The van der Waals surface area contributed by atoms with Crippen LogP contribution in [0.3, 0.4) is 0 Å². The third-order valence-corrected chi connectivity index (χ3v) is 2.96. The molecule has 0 radical (unpaired) electrons. The zero-order chi connectivity index (χ0) is 13.8. The van der Waals surface area contributed by atoms with E-state index in [1.165, 1.54) is 12.1 Å². The molecule has 1 heterocycles. The van der Waals surface area contributed by atoms with Crippen LogP contribution in [-0.2, 0) is 13.2 Å². The number of halogens is 1. The SMILES string of the molecule is Cc1cc(CO)cnc1N(C)Cc1cccc(F)c1. The molecule has 19 heavy (non-hydrogen) atoms. The van der Waals surface area contributed by atoms with E-state index in [1.807, 2.05) is 31.0 Å². The van der Waals surface area contributed by atoms with E-state index in [2.05, 4.69) is 4.98 Å². The van der Waals surface area contributed by atoms with E-state index >= 15 is 0 Å². The van der Waals surface area contributed by atoms with E-state index in [0.717, 1.165) is 22.5 Å². The fourth-order valence-corrected chi connectivity index (χ4v) is 2.10. The first-order valence-corrected chi connectivity index (χ1v) is 6.12. The molecule has 0 amide bonds. The van der Waals surface area contributed by atoms with E-state index in [0.29, 0.717) is 6.54 Å². The highest BCUT2D eigenvalue weighted by Gasteiger charge is 2.08. The summed E-state index contributed by atoms with van der Waals surface area (Å²) in [5, 5.41) is 9.06. The molecule has 0 aliphatic carbocycles. The molecule has 0 bridgehead atoms. The van der Waals surface area contributed by atoms with E-state index in [4.69, 9.17) is 5.11 Å². The Hall–Kier alpha value is -1.94. The molecule has 3 nitrogen and oxygen atoms in total. The van der Waals surface area contributed by atoms with Crippen LogP contribution in [0.4, 0.5) is 10.2 Å². The minimum atomic E-state index is -0.230. The molecule has 0 spiro atoms. The van der Waals surface area contributed by atoms with Crippen molar-refractivity contribution in [1.82, 2.24) is 4.98 Å². The second kappa shape index (κ2) is 5.80. The number of anilines is 1. The van der Waals surface area contributed by atoms with Crippen LogP contribution in [0.1, 0.15) is 16.7 Å². The lowest BCUT2D eigenvalue weighted by molar-refractivity contribution is 0.281. The van der Waals surface area contributed by atoms with E-state index < -0.39 is 0 Å². The average molecular weight is 260 g/mol. The summed E-state index contributed by atoms with van der Waals surface area (Å²) in [6.45, 7) is 2.52. The highest BCUT2D eigenvalue weighted by Crippen LogP contribution is 2.19. The molecule has 0 saturated heterocycles. The summed E-state index contributed by atoms with van der Waals surface area (Å²) in [4.78, 5) is 6.30. The summed E-state index contributed by atoms with van der Waals surface area (Å²) in [5.74, 6) is 0.604. The van der Waals surface area contributed by atoms with Crippen molar-refractivity contribution >= 4 is 5.82 Å². The van der Waals surface area contributed by atoms with Gasteiger partial charge in [-0.15, -0.1) is 0 Å². The number of nitrogens with zero attached hydrogens (tertiary/aromatic N) is 2. The fourth-order valence-electron chi connectivity index (χ4n) is 2.10. The maximum Gasteiger partial charge on any atom is 0.131 e. The number of pyridine rings is 1. The normalized spacial score (nSPS) is 10.5. The van der Waals surface area contributed by atoms with Gasteiger partial charge in [0.1, 0.15) is 11.6 Å². The highest BCUT2D eigenvalue weighted by atomic mass is 19.1. The molecule has 2 rings (SSSR count). The molecule has 100 valence electrons. The van der Waals surface area contributed by atoms with Crippen LogP contribution >= 0.6 is 0 Å². The van der Waals surface area contributed by atoms with Crippen LogP contribution in [0.25, 0.3) is 0 Å². The van der Waals surface area contributed by atoms with Crippen LogP contribution in [0, 0.1) is 12.7 Å². The molecule has 2 aromatic rings. The first kappa shape index (κ1) is 13.5. The van der Waals surface area contributed by atoms with Crippen LogP contribution < -0.4 is 4.90 Å². The van der Waals surface area contributed by atoms with E-state index in [-0.39, 0.29) is 12.4 Å². The van der Waals surface area contributed by atoms with Crippen molar-refractivity contribution in [2.45, 2.75) is 20.1 Å². The summed E-state index contributed by atoms with van der Waals surface area (Å²) in [6, 6.07) is 8.45. The van der Waals surface area contributed by atoms with Crippen molar-refractivity contribution in [3.8, 4) is 0 Å². The molecular weight excluding hydrogens is 243 g/mol. The number of hydrogen-bond acceptors (Lipinski definition) is 3. The number of aliphatic hydroxyl groups is 1. The van der Waals surface area contributed by atoms with Gasteiger partial charge in [-0.1, -0.05) is 12.1 Å². The number of rotatable bonds is 4. The Morgan fingerprint density at radius 3 is 2.68 bits per heavy atom. The lowest BCUT2D eigenvalue weighted by Gasteiger charge is -2.20. The molecule has 0 fully saturated rings. The van der Waals surface area contributed by atoms with Gasteiger partial charge in [-0.25, -0.2) is 9.37 Å². The number of benzene rings is 1. The Morgan fingerprint density at radius 1 is 1.26 bits per heavy atom. The predicted molar refractivity (Wildman–Crippen MR) is 73.4 cm³/mol. The Kier molecular flexibility index (Phi) is 4.12. The monoisotopic (exact) mass is 260 g/mol. The maximum atomic E-state index is 13.1. The van der Waals surface area contributed by atoms with Crippen molar-refractivity contribution in [3.05, 3.63) is 59.0 Å². The molecule has 0 aliphatic rings. The van der Waals surface area contributed by atoms with E-state index in [1.54, 1.807) is 12.3 Å². The minimum absolute atomic E-state index is 0.0122. The van der Waals surface area contributed by atoms with Gasteiger partial charge in [0, 0.05) is 19.8 Å². The summed E-state index contributed by atoms with van der Waals surface area (Å²) in [5.41, 5.74) is 2.68. The van der Waals surface area contributed by atoms with Crippen molar-refractivity contribution in [2.75, 3.05) is 11.9 Å². The van der Waals surface area contributed by atoms with Crippen LogP contribution in [-0.4, -0.2) is 17.1 Å². The predicted octanol–water partition coefficient (Wildman–Crippen LogP) is 2.66. The average Bonchev–Trinajstić information content (AvgIpc) is 2.38. The standard InChI is InChI=1S/C15H17FN2O/c1-11-6-13(10-19)8-17-15(11)18(2)9-12-4-3-5-14(16)7-12/h3-8,19H,9-10H2,1-2H3. The number of aromatic nitrogens is 1. The summed E-state index contributed by atoms with van der Waals surface area (Å²) >= 11 is 0. The summed E-state index contributed by atoms with van der Waals surface area (Å²) < 4.78 is 13.1. The molecule has 0 unspecified atom stereocenters. The molecule has 0 atom stereocenters. The Morgan fingerprint density at radius 2 is 2.05 bits per heavy atom. The molecule has 1 aromatic carbocycles. The van der Waals surface area contributed by atoms with Gasteiger partial charge in [0.2, 0.25) is 0 Å². The Labute approximate surface area is 112 Å². The third kappa shape index (κ3) is 3.29.